The van der Waals surface area contributed by atoms with Gasteiger partial charge in [-0.1, -0.05) is 89.4 Å². The van der Waals surface area contributed by atoms with E-state index in [0.29, 0.717) is 28.8 Å². The minimum absolute atomic E-state index is 0.0381. The van der Waals surface area contributed by atoms with Crippen molar-refractivity contribution in [2.45, 2.75) is 51.6 Å². The van der Waals surface area contributed by atoms with Crippen LogP contribution in [0.25, 0.3) is 0 Å². The van der Waals surface area contributed by atoms with Crippen molar-refractivity contribution in [1.29, 1.82) is 0 Å². The van der Waals surface area contributed by atoms with E-state index in [1.165, 1.54) is 11.8 Å². The van der Waals surface area contributed by atoms with Crippen molar-refractivity contribution >= 4 is 46.8 Å². The summed E-state index contributed by atoms with van der Waals surface area (Å²) in [5.41, 5.74) is 3.92. The van der Waals surface area contributed by atoms with Crippen LogP contribution in [0.4, 0.5) is 0 Å². The van der Waals surface area contributed by atoms with Crippen molar-refractivity contribution in [1.82, 2.24) is 10.2 Å². The van der Waals surface area contributed by atoms with Crippen LogP contribution in [0.15, 0.2) is 72.8 Å². The standard InChI is InChI=1S/C29H32Cl2N2O2S/c1-20(2)32-29(35)27(16-22-8-5-4-6-9-22)33(17-23-14-12-21(3)13-15-23)28(34)19-36-18-24-25(30)10-7-11-26(24)31/h4-15,20,27H,16-19H2,1-3H3,(H,32,35)/t27-/m1/s1. The summed E-state index contributed by atoms with van der Waals surface area (Å²) in [5, 5.41) is 4.18. The summed E-state index contributed by atoms with van der Waals surface area (Å²) in [6.45, 7) is 6.21. The van der Waals surface area contributed by atoms with E-state index >= 15 is 0 Å². The van der Waals surface area contributed by atoms with Crippen LogP contribution in [-0.4, -0.2) is 34.6 Å². The number of nitrogens with one attached hydrogen (secondary N) is 1. The van der Waals surface area contributed by atoms with Crippen LogP contribution < -0.4 is 5.32 Å². The van der Waals surface area contributed by atoms with Crippen molar-refractivity contribution in [3.8, 4) is 0 Å². The summed E-state index contributed by atoms with van der Waals surface area (Å²) in [7, 11) is 0. The Morgan fingerprint density at radius 3 is 2.14 bits per heavy atom. The third kappa shape index (κ3) is 8.29. The quantitative estimate of drug-likeness (QED) is 0.293. The monoisotopic (exact) mass is 542 g/mol. The van der Waals surface area contributed by atoms with Gasteiger partial charge in [0.1, 0.15) is 6.04 Å². The SMILES string of the molecule is Cc1ccc(CN(C(=O)CSCc2c(Cl)cccc2Cl)[C@H](Cc2ccccc2)C(=O)NC(C)C)cc1. The van der Waals surface area contributed by atoms with Crippen LogP contribution >= 0.6 is 35.0 Å². The predicted molar refractivity (Wildman–Crippen MR) is 152 cm³/mol. The van der Waals surface area contributed by atoms with Crippen LogP contribution in [0.5, 0.6) is 0 Å². The van der Waals surface area contributed by atoms with Crippen molar-refractivity contribution in [3.05, 3.63) is 105 Å². The van der Waals surface area contributed by atoms with Gasteiger partial charge in [-0.25, -0.2) is 0 Å². The van der Waals surface area contributed by atoms with Gasteiger partial charge in [-0.2, -0.15) is 0 Å². The highest BCUT2D eigenvalue weighted by atomic mass is 35.5. The fraction of sp³-hybridized carbons (Fsp3) is 0.310. The van der Waals surface area contributed by atoms with Crippen LogP contribution in [-0.2, 0) is 28.3 Å². The lowest BCUT2D eigenvalue weighted by Crippen LogP contribution is -2.52. The molecule has 0 unspecified atom stereocenters. The first-order valence-electron chi connectivity index (χ1n) is 11.9. The second-order valence-corrected chi connectivity index (χ2v) is 10.9. The third-order valence-corrected chi connectivity index (χ3v) is 7.36. The average molecular weight is 544 g/mol. The lowest BCUT2D eigenvalue weighted by atomic mass is 10.0. The topological polar surface area (TPSA) is 49.4 Å². The van der Waals surface area contributed by atoms with Gasteiger partial charge in [0.25, 0.3) is 0 Å². The van der Waals surface area contributed by atoms with Gasteiger partial charge in [0.15, 0.2) is 0 Å². The van der Waals surface area contributed by atoms with Crippen molar-refractivity contribution in [2.24, 2.45) is 0 Å². The number of carbonyl (C=O) groups is 2. The van der Waals surface area contributed by atoms with Crippen LogP contribution in [0.1, 0.15) is 36.1 Å². The third-order valence-electron chi connectivity index (χ3n) is 5.71. The Balaban J connectivity index is 1.86. The lowest BCUT2D eigenvalue weighted by Gasteiger charge is -2.32. The largest absolute Gasteiger partial charge is 0.352 e. The second kappa shape index (κ2) is 13.7. The highest BCUT2D eigenvalue weighted by Gasteiger charge is 2.30. The minimum atomic E-state index is -0.645. The zero-order chi connectivity index (χ0) is 26.1. The number of carbonyl (C=O) groups excluding carboxylic acids is 2. The van der Waals surface area contributed by atoms with Crippen LogP contribution in [0.2, 0.25) is 10.0 Å². The number of hydrogen-bond donors (Lipinski definition) is 1. The molecule has 0 aliphatic carbocycles. The molecule has 3 aromatic carbocycles. The highest BCUT2D eigenvalue weighted by Crippen LogP contribution is 2.28. The zero-order valence-corrected chi connectivity index (χ0v) is 23.2. The molecule has 0 aliphatic heterocycles. The van der Waals surface area contributed by atoms with Crippen molar-refractivity contribution in [2.75, 3.05) is 5.75 Å². The van der Waals surface area contributed by atoms with E-state index < -0.39 is 6.04 Å². The molecule has 0 saturated heterocycles. The van der Waals surface area contributed by atoms with Gasteiger partial charge >= 0.3 is 0 Å². The molecule has 0 heterocycles. The first-order chi connectivity index (χ1) is 17.2. The molecule has 0 saturated carbocycles. The van der Waals surface area contributed by atoms with Crippen LogP contribution in [0.3, 0.4) is 0 Å². The van der Waals surface area contributed by atoms with Gasteiger partial charge in [-0.3, -0.25) is 9.59 Å². The summed E-state index contributed by atoms with van der Waals surface area (Å²) >= 11 is 14.1. The molecule has 0 fully saturated rings. The number of aryl methyl sites for hydroxylation is 1. The average Bonchev–Trinajstić information content (AvgIpc) is 2.84. The summed E-state index contributed by atoms with van der Waals surface area (Å²) in [4.78, 5) is 28.7. The molecule has 1 N–H and O–H groups in total. The highest BCUT2D eigenvalue weighted by molar-refractivity contribution is 7.99. The molecule has 0 aromatic heterocycles. The maximum Gasteiger partial charge on any atom is 0.243 e. The Bertz CT molecular complexity index is 1130. The maximum absolute atomic E-state index is 13.7. The van der Waals surface area contributed by atoms with Gasteiger partial charge in [-0.05, 0) is 49.6 Å². The molecular weight excluding hydrogens is 511 g/mol. The van der Waals surface area contributed by atoms with Crippen molar-refractivity contribution in [3.63, 3.8) is 0 Å². The van der Waals surface area contributed by atoms with Crippen molar-refractivity contribution < 1.29 is 9.59 Å². The smallest absolute Gasteiger partial charge is 0.243 e. The normalized spacial score (nSPS) is 11.8. The van der Waals surface area contributed by atoms with Gasteiger partial charge in [0.05, 0.1) is 5.75 Å². The summed E-state index contributed by atoms with van der Waals surface area (Å²) < 4.78 is 0. The van der Waals surface area contributed by atoms with Gasteiger partial charge in [0, 0.05) is 34.8 Å². The van der Waals surface area contributed by atoms with E-state index in [9.17, 15) is 9.59 Å². The Labute approximate surface area is 228 Å². The molecule has 190 valence electrons. The second-order valence-electron chi connectivity index (χ2n) is 9.07. The number of amides is 2. The summed E-state index contributed by atoms with van der Waals surface area (Å²) in [6.07, 6.45) is 0.429. The summed E-state index contributed by atoms with van der Waals surface area (Å²) in [6, 6.07) is 22.6. The number of nitrogens with zero attached hydrogens (tertiary/aromatic N) is 1. The van der Waals surface area contributed by atoms with Gasteiger partial charge in [0.2, 0.25) is 11.8 Å². The first kappa shape index (κ1) is 28.1. The molecule has 0 spiro atoms. The fourth-order valence-corrected chi connectivity index (χ4v) is 5.47. The van der Waals surface area contributed by atoms with E-state index in [4.69, 9.17) is 23.2 Å². The minimum Gasteiger partial charge on any atom is -0.352 e. The van der Waals surface area contributed by atoms with Crippen LogP contribution in [0, 0.1) is 6.92 Å². The Morgan fingerprint density at radius 1 is 0.889 bits per heavy atom. The molecule has 7 heteroatoms. The molecule has 1 atom stereocenters. The number of benzene rings is 3. The number of hydrogen-bond acceptors (Lipinski definition) is 3. The number of halogens is 2. The van der Waals surface area contributed by atoms with Gasteiger partial charge < -0.3 is 10.2 Å². The Morgan fingerprint density at radius 2 is 1.53 bits per heavy atom. The van der Waals surface area contributed by atoms with E-state index in [0.717, 1.165) is 22.3 Å². The van der Waals surface area contributed by atoms with E-state index in [1.54, 1.807) is 23.1 Å². The molecule has 4 nitrogen and oxygen atoms in total. The van der Waals surface area contributed by atoms with Gasteiger partial charge in [-0.15, -0.1) is 11.8 Å². The molecule has 0 aliphatic rings. The Hall–Kier alpha value is -2.47. The molecule has 36 heavy (non-hydrogen) atoms. The van der Waals surface area contributed by atoms with E-state index in [-0.39, 0.29) is 23.6 Å². The fourth-order valence-electron chi connectivity index (χ4n) is 3.82. The maximum atomic E-state index is 13.7. The van der Waals surface area contributed by atoms with E-state index in [2.05, 4.69) is 5.32 Å². The molecule has 3 rings (SSSR count). The summed E-state index contributed by atoms with van der Waals surface area (Å²) in [5.74, 6) is 0.440. The van der Waals surface area contributed by atoms with E-state index in [1.807, 2.05) is 75.4 Å². The number of rotatable bonds is 11. The predicted octanol–water partition coefficient (Wildman–Crippen LogP) is 6.70. The zero-order valence-electron chi connectivity index (χ0n) is 20.8. The molecular formula is C29H32Cl2N2O2S. The molecule has 2 amide bonds. The number of thioether (sulfide) groups is 1. The first-order valence-corrected chi connectivity index (χ1v) is 13.9. The lowest BCUT2D eigenvalue weighted by molar-refractivity contribution is -0.139. The molecule has 0 radical (unpaired) electrons. The molecule has 3 aromatic rings. The molecule has 0 bridgehead atoms. The Kier molecular flexibility index (Phi) is 10.7.